The Morgan fingerprint density at radius 2 is 1.76 bits per heavy atom. The van der Waals surface area contributed by atoms with E-state index < -0.39 is 35.2 Å². The quantitative estimate of drug-likeness (QED) is 0.425. The molecular formula is C12H23N4O7PS. The SMILES string of the molecule is CCOP(=O)(COS(=O)(=O)c1ncn(C(=O)N(CC)CC)n1)OCC. The zero-order chi connectivity index (χ0) is 19.1. The molecule has 144 valence electrons. The second-order valence-electron chi connectivity index (χ2n) is 4.57. The van der Waals surface area contributed by atoms with Gasteiger partial charge >= 0.3 is 23.7 Å². The first-order chi connectivity index (χ1) is 11.7. The number of rotatable bonds is 10. The number of hydrogen-bond donors (Lipinski definition) is 0. The smallest absolute Gasteiger partial charge is 0.323 e. The molecule has 0 radical (unpaired) electrons. The van der Waals surface area contributed by atoms with Gasteiger partial charge in [0, 0.05) is 13.1 Å². The van der Waals surface area contributed by atoms with Crippen molar-refractivity contribution in [3.05, 3.63) is 6.33 Å². The second-order valence-corrected chi connectivity index (χ2v) is 8.08. The Kier molecular flexibility index (Phi) is 8.16. The van der Waals surface area contributed by atoms with Crippen LogP contribution in [-0.2, 0) is 27.9 Å². The highest BCUT2D eigenvalue weighted by molar-refractivity contribution is 7.86. The van der Waals surface area contributed by atoms with Crippen molar-refractivity contribution in [1.82, 2.24) is 19.7 Å². The van der Waals surface area contributed by atoms with Gasteiger partial charge in [0.1, 0.15) is 6.33 Å². The van der Waals surface area contributed by atoms with Gasteiger partial charge in [-0.25, -0.2) is 9.78 Å². The summed E-state index contributed by atoms with van der Waals surface area (Å²) in [6, 6.07) is -0.520. The van der Waals surface area contributed by atoms with Crippen molar-refractivity contribution in [3.8, 4) is 0 Å². The summed E-state index contributed by atoms with van der Waals surface area (Å²) < 4.78 is 51.8. The largest absolute Gasteiger partial charge is 0.357 e. The summed E-state index contributed by atoms with van der Waals surface area (Å²) >= 11 is 0. The Bertz CT molecular complexity index is 707. The van der Waals surface area contributed by atoms with Gasteiger partial charge in [0.25, 0.3) is 5.16 Å². The fourth-order valence-electron chi connectivity index (χ4n) is 1.79. The molecule has 1 amide bonds. The lowest BCUT2D eigenvalue weighted by molar-refractivity contribution is 0.197. The van der Waals surface area contributed by atoms with E-state index in [0.717, 1.165) is 11.0 Å². The third-order valence-corrected chi connectivity index (χ3v) is 5.93. The van der Waals surface area contributed by atoms with Crippen LogP contribution in [0, 0.1) is 0 Å². The lowest BCUT2D eigenvalue weighted by Crippen LogP contribution is -2.34. The zero-order valence-corrected chi connectivity index (χ0v) is 16.3. The molecule has 0 bridgehead atoms. The van der Waals surface area contributed by atoms with Crippen molar-refractivity contribution in [3.63, 3.8) is 0 Å². The minimum absolute atomic E-state index is 0.0614. The molecule has 11 nitrogen and oxygen atoms in total. The molecule has 0 fully saturated rings. The molecule has 0 aromatic carbocycles. The minimum Gasteiger partial charge on any atom is -0.323 e. The molecule has 13 heteroatoms. The summed E-state index contributed by atoms with van der Waals surface area (Å²) in [6.45, 7) is 7.71. The van der Waals surface area contributed by atoms with Crippen LogP contribution in [0.2, 0.25) is 0 Å². The first-order valence-corrected chi connectivity index (χ1v) is 10.8. The number of carbonyl (C=O) groups excluding carboxylic acids is 1. The van der Waals surface area contributed by atoms with E-state index in [1.807, 2.05) is 0 Å². The van der Waals surface area contributed by atoms with Gasteiger partial charge in [0.15, 0.2) is 6.35 Å². The maximum absolute atomic E-state index is 12.2. The third kappa shape index (κ3) is 5.86. The Hall–Kier alpha value is -1.33. The van der Waals surface area contributed by atoms with Crippen LogP contribution in [0.4, 0.5) is 4.79 Å². The van der Waals surface area contributed by atoms with Crippen LogP contribution >= 0.6 is 7.60 Å². The van der Waals surface area contributed by atoms with Crippen LogP contribution in [0.5, 0.6) is 0 Å². The molecule has 0 aliphatic carbocycles. The lowest BCUT2D eigenvalue weighted by atomic mass is 10.5. The maximum Gasteiger partial charge on any atom is 0.357 e. The molecule has 0 aliphatic rings. The average molecular weight is 398 g/mol. The van der Waals surface area contributed by atoms with Gasteiger partial charge < -0.3 is 13.9 Å². The monoisotopic (exact) mass is 398 g/mol. The number of nitrogens with zero attached hydrogens (tertiary/aromatic N) is 4. The Morgan fingerprint density at radius 3 is 2.24 bits per heavy atom. The topological polar surface area (TPSA) is 130 Å². The van der Waals surface area contributed by atoms with Crippen LogP contribution in [0.3, 0.4) is 0 Å². The van der Waals surface area contributed by atoms with E-state index in [9.17, 15) is 17.8 Å². The molecule has 0 saturated heterocycles. The van der Waals surface area contributed by atoms with Gasteiger partial charge in [0.05, 0.1) is 13.2 Å². The van der Waals surface area contributed by atoms with Crippen LogP contribution < -0.4 is 0 Å². The van der Waals surface area contributed by atoms with E-state index >= 15 is 0 Å². The normalized spacial score (nSPS) is 12.3. The summed E-state index contributed by atoms with van der Waals surface area (Å²) in [7, 11) is -8.14. The van der Waals surface area contributed by atoms with Crippen molar-refractivity contribution in [2.45, 2.75) is 32.9 Å². The molecule has 1 heterocycles. The van der Waals surface area contributed by atoms with Gasteiger partial charge in [0.2, 0.25) is 0 Å². The second kappa shape index (κ2) is 9.39. The van der Waals surface area contributed by atoms with E-state index in [4.69, 9.17) is 9.05 Å². The molecule has 1 aromatic rings. The molecule has 0 atom stereocenters. The fourth-order valence-corrected chi connectivity index (χ4v) is 4.34. The average Bonchev–Trinajstić information content (AvgIpc) is 3.06. The summed E-state index contributed by atoms with van der Waals surface area (Å²) in [5.41, 5.74) is 0. The summed E-state index contributed by atoms with van der Waals surface area (Å²) in [5, 5.41) is 2.91. The van der Waals surface area contributed by atoms with Crippen molar-refractivity contribution < 1.29 is 31.0 Å². The van der Waals surface area contributed by atoms with E-state index in [-0.39, 0.29) is 13.2 Å². The van der Waals surface area contributed by atoms with E-state index in [1.54, 1.807) is 27.7 Å². The number of hydrogen-bond acceptors (Lipinski definition) is 9. The summed E-state index contributed by atoms with van der Waals surface area (Å²) in [4.78, 5) is 17.1. The first kappa shape index (κ1) is 21.7. The van der Waals surface area contributed by atoms with Gasteiger partial charge in [-0.1, -0.05) is 0 Å². The molecule has 0 N–H and O–H groups in total. The highest BCUT2D eigenvalue weighted by Gasteiger charge is 2.31. The highest BCUT2D eigenvalue weighted by Crippen LogP contribution is 2.48. The molecule has 1 rings (SSSR count). The maximum atomic E-state index is 12.2. The van der Waals surface area contributed by atoms with Crippen molar-refractivity contribution in [2.24, 2.45) is 0 Å². The molecule has 25 heavy (non-hydrogen) atoms. The van der Waals surface area contributed by atoms with E-state index in [2.05, 4.69) is 14.3 Å². The molecule has 0 unspecified atom stereocenters. The standard InChI is InChI=1S/C12H23N4O7PS/c1-5-15(6-2)12(17)16-9-13-11(14-16)25(19,20)23-10-24(18,21-7-3)22-8-4/h9H,5-8,10H2,1-4H3. The minimum atomic E-state index is -4.43. The predicted octanol–water partition coefficient (Wildman–Crippen LogP) is 1.52. The van der Waals surface area contributed by atoms with Gasteiger partial charge in [-0.3, -0.25) is 8.75 Å². The van der Waals surface area contributed by atoms with E-state index in [0.29, 0.717) is 13.1 Å². The Labute approximate surface area is 146 Å². The van der Waals surface area contributed by atoms with Crippen molar-refractivity contribution in [1.29, 1.82) is 0 Å². The van der Waals surface area contributed by atoms with Crippen LogP contribution in [0.1, 0.15) is 27.7 Å². The molecule has 1 aromatic heterocycles. The zero-order valence-electron chi connectivity index (χ0n) is 14.6. The van der Waals surface area contributed by atoms with Gasteiger partial charge in [-0.2, -0.15) is 13.1 Å². The highest BCUT2D eigenvalue weighted by atomic mass is 32.2. The fraction of sp³-hybridized carbons (Fsp3) is 0.750. The van der Waals surface area contributed by atoms with Gasteiger partial charge in [-0.15, -0.1) is 5.10 Å². The van der Waals surface area contributed by atoms with Crippen LogP contribution in [0.15, 0.2) is 11.5 Å². The van der Waals surface area contributed by atoms with Crippen molar-refractivity contribution in [2.75, 3.05) is 32.7 Å². The summed E-state index contributed by atoms with van der Waals surface area (Å²) in [5.74, 6) is 0. The molecule has 0 spiro atoms. The molecule has 0 saturated carbocycles. The van der Waals surface area contributed by atoms with Crippen molar-refractivity contribution >= 4 is 23.7 Å². The first-order valence-electron chi connectivity index (χ1n) is 7.71. The number of amides is 1. The molecule has 0 aliphatic heterocycles. The van der Waals surface area contributed by atoms with Crippen LogP contribution in [-0.4, -0.2) is 66.8 Å². The Balaban J connectivity index is 2.90. The third-order valence-electron chi connectivity index (χ3n) is 2.94. The van der Waals surface area contributed by atoms with E-state index in [1.165, 1.54) is 4.90 Å². The number of aromatic nitrogens is 3. The van der Waals surface area contributed by atoms with Gasteiger partial charge in [-0.05, 0) is 27.7 Å². The predicted molar refractivity (Wildman–Crippen MR) is 87.7 cm³/mol. The Morgan fingerprint density at radius 1 is 1.20 bits per heavy atom. The summed E-state index contributed by atoms with van der Waals surface area (Å²) in [6.07, 6.45) is 0.164. The number of carbonyl (C=O) groups is 1. The lowest BCUT2D eigenvalue weighted by Gasteiger charge is -2.17. The molecular weight excluding hydrogens is 375 g/mol. The van der Waals surface area contributed by atoms with Crippen LogP contribution in [0.25, 0.3) is 0 Å².